The third kappa shape index (κ3) is 9.81. The van der Waals surface area contributed by atoms with Crippen LogP contribution in [0.4, 0.5) is 18.0 Å². The predicted molar refractivity (Wildman–Crippen MR) is 88.6 cm³/mol. The Morgan fingerprint density at radius 2 is 1.80 bits per heavy atom. The molecule has 1 atom stereocenters. The van der Waals surface area contributed by atoms with Gasteiger partial charge in [0.05, 0.1) is 12.6 Å². The standard InChI is InChI=1S/C17H25F3N2O3/c1-12(2)10-24-9-8-21-16(23)22-13(3)14-4-6-15(7-5-14)25-11-17(18,19)20/h4-7,12-13H,8-11H2,1-3H3,(H2,21,22,23). The molecule has 0 saturated carbocycles. The van der Waals surface area contributed by atoms with E-state index < -0.39 is 12.8 Å². The molecule has 1 rings (SSSR count). The first-order valence-electron chi connectivity index (χ1n) is 8.09. The van der Waals surface area contributed by atoms with Crippen molar-refractivity contribution in [3.8, 4) is 5.75 Å². The molecule has 142 valence electrons. The van der Waals surface area contributed by atoms with Gasteiger partial charge in [-0.2, -0.15) is 13.2 Å². The molecule has 25 heavy (non-hydrogen) atoms. The lowest BCUT2D eigenvalue weighted by Gasteiger charge is -2.16. The topological polar surface area (TPSA) is 59.6 Å². The van der Waals surface area contributed by atoms with Crippen LogP contribution in [-0.4, -0.2) is 38.6 Å². The van der Waals surface area contributed by atoms with E-state index in [1.807, 2.05) is 13.8 Å². The van der Waals surface area contributed by atoms with Gasteiger partial charge in [0.25, 0.3) is 0 Å². The molecule has 0 heterocycles. The highest BCUT2D eigenvalue weighted by Crippen LogP contribution is 2.20. The molecule has 0 aliphatic rings. The lowest BCUT2D eigenvalue weighted by molar-refractivity contribution is -0.153. The van der Waals surface area contributed by atoms with Gasteiger partial charge >= 0.3 is 12.2 Å². The molecule has 2 amide bonds. The number of carbonyl (C=O) groups is 1. The fourth-order valence-corrected chi connectivity index (χ4v) is 1.90. The summed E-state index contributed by atoms with van der Waals surface area (Å²) >= 11 is 0. The molecule has 0 aliphatic heterocycles. The number of urea groups is 1. The number of ether oxygens (including phenoxy) is 2. The van der Waals surface area contributed by atoms with E-state index in [1.165, 1.54) is 12.1 Å². The molecule has 8 heteroatoms. The minimum atomic E-state index is -4.37. The minimum Gasteiger partial charge on any atom is -0.484 e. The molecule has 1 aromatic rings. The van der Waals surface area contributed by atoms with E-state index in [0.717, 1.165) is 5.56 Å². The fourth-order valence-electron chi connectivity index (χ4n) is 1.90. The lowest BCUT2D eigenvalue weighted by Crippen LogP contribution is -2.38. The second-order valence-electron chi connectivity index (χ2n) is 6.06. The first-order valence-corrected chi connectivity index (χ1v) is 8.09. The number of alkyl halides is 3. The number of hydrogen-bond acceptors (Lipinski definition) is 3. The van der Waals surface area contributed by atoms with Gasteiger partial charge in [-0.1, -0.05) is 26.0 Å². The maximum Gasteiger partial charge on any atom is 0.422 e. The molecule has 0 aliphatic carbocycles. The third-order valence-corrected chi connectivity index (χ3v) is 3.11. The van der Waals surface area contributed by atoms with E-state index in [1.54, 1.807) is 19.1 Å². The van der Waals surface area contributed by atoms with Crippen molar-refractivity contribution < 1.29 is 27.4 Å². The highest BCUT2D eigenvalue weighted by molar-refractivity contribution is 5.74. The van der Waals surface area contributed by atoms with Crippen LogP contribution in [0.3, 0.4) is 0 Å². The van der Waals surface area contributed by atoms with Crippen molar-refractivity contribution >= 4 is 6.03 Å². The molecule has 1 aromatic carbocycles. The number of rotatable bonds is 9. The van der Waals surface area contributed by atoms with Gasteiger partial charge in [-0.15, -0.1) is 0 Å². The van der Waals surface area contributed by atoms with Gasteiger partial charge in [0.2, 0.25) is 0 Å². The van der Waals surface area contributed by atoms with E-state index in [2.05, 4.69) is 15.4 Å². The van der Waals surface area contributed by atoms with Crippen LogP contribution in [0, 0.1) is 5.92 Å². The average molecular weight is 362 g/mol. The Bertz CT molecular complexity index is 519. The Balaban J connectivity index is 2.34. The summed E-state index contributed by atoms with van der Waals surface area (Å²) in [6.45, 7) is 6.01. The van der Waals surface area contributed by atoms with E-state index in [9.17, 15) is 18.0 Å². The third-order valence-electron chi connectivity index (χ3n) is 3.11. The van der Waals surface area contributed by atoms with Gasteiger partial charge < -0.3 is 20.1 Å². The van der Waals surface area contributed by atoms with Gasteiger partial charge in [0.1, 0.15) is 5.75 Å². The molecule has 0 bridgehead atoms. The second kappa shape index (κ2) is 10.1. The summed E-state index contributed by atoms with van der Waals surface area (Å²) in [6.07, 6.45) is -4.37. The van der Waals surface area contributed by atoms with Crippen molar-refractivity contribution in [1.82, 2.24) is 10.6 Å². The molecule has 0 aromatic heterocycles. The van der Waals surface area contributed by atoms with Gasteiger partial charge in [0.15, 0.2) is 6.61 Å². The zero-order valence-corrected chi connectivity index (χ0v) is 14.7. The molecule has 0 radical (unpaired) electrons. The average Bonchev–Trinajstić information content (AvgIpc) is 2.52. The van der Waals surface area contributed by atoms with Gasteiger partial charge in [-0.05, 0) is 30.5 Å². The molecule has 0 spiro atoms. The van der Waals surface area contributed by atoms with Crippen LogP contribution >= 0.6 is 0 Å². The van der Waals surface area contributed by atoms with Crippen LogP contribution in [-0.2, 0) is 4.74 Å². The zero-order valence-electron chi connectivity index (χ0n) is 14.7. The Labute approximate surface area is 145 Å². The Hall–Kier alpha value is -1.96. The fraction of sp³-hybridized carbons (Fsp3) is 0.588. The first kappa shape index (κ1) is 21.1. The zero-order chi connectivity index (χ0) is 18.9. The predicted octanol–water partition coefficient (Wildman–Crippen LogP) is 3.66. The number of nitrogens with one attached hydrogen (secondary N) is 2. The maximum absolute atomic E-state index is 12.1. The van der Waals surface area contributed by atoms with E-state index in [0.29, 0.717) is 25.7 Å². The number of hydrogen-bond donors (Lipinski definition) is 2. The van der Waals surface area contributed by atoms with Crippen LogP contribution in [0.1, 0.15) is 32.4 Å². The number of halogens is 3. The van der Waals surface area contributed by atoms with Crippen LogP contribution in [0.2, 0.25) is 0 Å². The molecule has 2 N–H and O–H groups in total. The van der Waals surface area contributed by atoms with Gasteiger partial charge in [-0.3, -0.25) is 0 Å². The number of amides is 2. The number of carbonyl (C=O) groups excluding carboxylic acids is 1. The molecule has 5 nitrogen and oxygen atoms in total. The second-order valence-corrected chi connectivity index (χ2v) is 6.06. The van der Waals surface area contributed by atoms with E-state index >= 15 is 0 Å². The largest absolute Gasteiger partial charge is 0.484 e. The van der Waals surface area contributed by atoms with Crippen molar-refractivity contribution in [3.63, 3.8) is 0 Å². The first-order chi connectivity index (χ1) is 11.7. The molecule has 0 saturated heterocycles. The summed E-state index contributed by atoms with van der Waals surface area (Å²) in [5.74, 6) is 0.567. The summed E-state index contributed by atoms with van der Waals surface area (Å²) < 4.78 is 46.3. The number of benzene rings is 1. The van der Waals surface area contributed by atoms with Crippen molar-refractivity contribution in [1.29, 1.82) is 0 Å². The molecular formula is C17H25F3N2O3. The van der Waals surface area contributed by atoms with E-state index in [-0.39, 0.29) is 17.8 Å². The summed E-state index contributed by atoms with van der Waals surface area (Å²) in [5.41, 5.74) is 0.755. The van der Waals surface area contributed by atoms with Crippen molar-refractivity contribution in [2.24, 2.45) is 5.92 Å². The van der Waals surface area contributed by atoms with Crippen molar-refractivity contribution in [3.05, 3.63) is 29.8 Å². The Kier molecular flexibility index (Phi) is 8.54. The smallest absolute Gasteiger partial charge is 0.422 e. The van der Waals surface area contributed by atoms with Gasteiger partial charge in [-0.25, -0.2) is 4.79 Å². The van der Waals surface area contributed by atoms with Crippen LogP contribution in [0.5, 0.6) is 5.75 Å². The summed E-state index contributed by atoms with van der Waals surface area (Å²) in [7, 11) is 0. The summed E-state index contributed by atoms with van der Waals surface area (Å²) in [4.78, 5) is 11.8. The van der Waals surface area contributed by atoms with E-state index in [4.69, 9.17) is 4.74 Å². The normalized spacial score (nSPS) is 12.8. The highest BCUT2D eigenvalue weighted by Gasteiger charge is 2.28. The monoisotopic (exact) mass is 362 g/mol. The van der Waals surface area contributed by atoms with Crippen LogP contribution in [0.25, 0.3) is 0 Å². The summed E-state index contributed by atoms with van der Waals surface area (Å²) in [6, 6.07) is 5.48. The molecule has 0 fully saturated rings. The Morgan fingerprint density at radius 1 is 1.16 bits per heavy atom. The SMILES string of the molecule is CC(C)COCCNC(=O)NC(C)c1ccc(OCC(F)(F)F)cc1. The maximum atomic E-state index is 12.1. The van der Waals surface area contributed by atoms with Gasteiger partial charge in [0, 0.05) is 13.2 Å². The lowest BCUT2D eigenvalue weighted by atomic mass is 10.1. The molecular weight excluding hydrogens is 337 g/mol. The van der Waals surface area contributed by atoms with Crippen molar-refractivity contribution in [2.45, 2.75) is 33.0 Å². The van der Waals surface area contributed by atoms with Crippen LogP contribution in [0.15, 0.2) is 24.3 Å². The van der Waals surface area contributed by atoms with Crippen LogP contribution < -0.4 is 15.4 Å². The molecule has 1 unspecified atom stereocenters. The quantitative estimate of drug-likeness (QED) is 0.659. The van der Waals surface area contributed by atoms with Crippen molar-refractivity contribution in [2.75, 3.05) is 26.4 Å². The minimum absolute atomic E-state index is 0.125. The highest BCUT2D eigenvalue weighted by atomic mass is 19.4. The summed E-state index contributed by atoms with van der Waals surface area (Å²) in [5, 5.41) is 5.43. The Morgan fingerprint density at radius 3 is 2.36 bits per heavy atom.